The van der Waals surface area contributed by atoms with Gasteiger partial charge in [0.15, 0.2) is 0 Å². The molecule has 1 aromatic heterocycles. The van der Waals surface area contributed by atoms with E-state index in [9.17, 15) is 4.79 Å². The van der Waals surface area contributed by atoms with E-state index in [1.807, 2.05) is 0 Å². The number of pyridine rings is 1. The number of hydrogen-bond acceptors (Lipinski definition) is 4. The van der Waals surface area contributed by atoms with E-state index in [2.05, 4.69) is 31.1 Å². The molecule has 5 heteroatoms. The number of nitrogen functional groups attached to an aromatic ring is 1. The van der Waals surface area contributed by atoms with E-state index in [1.165, 1.54) is 12.3 Å². The molecule has 0 fully saturated rings. The molecule has 1 atom stereocenters. The van der Waals surface area contributed by atoms with Gasteiger partial charge in [-0.25, -0.2) is 9.78 Å². The van der Waals surface area contributed by atoms with Gasteiger partial charge in [0.25, 0.3) is 0 Å². The molecule has 1 unspecified atom stereocenters. The molecular weight excluding hydrogens is 218 g/mol. The van der Waals surface area contributed by atoms with Crippen LogP contribution in [0.2, 0.25) is 0 Å². The Kier molecular flexibility index (Phi) is 4.31. The maximum Gasteiger partial charge on any atom is 0.337 e. The van der Waals surface area contributed by atoms with Gasteiger partial charge in [0.1, 0.15) is 5.82 Å². The molecule has 0 spiro atoms. The first-order valence-corrected chi connectivity index (χ1v) is 5.65. The summed E-state index contributed by atoms with van der Waals surface area (Å²) in [6.07, 6.45) is 1.45. The quantitative estimate of drug-likeness (QED) is 0.729. The topological polar surface area (TPSA) is 88.2 Å². The van der Waals surface area contributed by atoms with E-state index < -0.39 is 5.97 Å². The van der Waals surface area contributed by atoms with Gasteiger partial charge in [-0.3, -0.25) is 0 Å². The molecule has 5 nitrogen and oxygen atoms in total. The number of nitrogens with two attached hydrogens (primary N) is 1. The Bertz CT molecular complexity index is 405. The SMILES string of the molecule is CC(C)C(C)CNc1nccc(C(=O)O)c1N. The van der Waals surface area contributed by atoms with Crippen LogP contribution in [-0.2, 0) is 0 Å². The molecule has 0 radical (unpaired) electrons. The third-order valence-electron chi connectivity index (χ3n) is 2.95. The summed E-state index contributed by atoms with van der Waals surface area (Å²) in [6, 6.07) is 1.40. The smallest absolute Gasteiger partial charge is 0.337 e. The second-order valence-electron chi connectivity index (χ2n) is 4.53. The van der Waals surface area contributed by atoms with Crippen LogP contribution in [0.1, 0.15) is 31.1 Å². The van der Waals surface area contributed by atoms with Crippen molar-refractivity contribution in [3.05, 3.63) is 17.8 Å². The van der Waals surface area contributed by atoms with Crippen molar-refractivity contribution in [2.45, 2.75) is 20.8 Å². The van der Waals surface area contributed by atoms with Crippen LogP contribution < -0.4 is 11.1 Å². The fourth-order valence-electron chi connectivity index (χ4n) is 1.29. The summed E-state index contributed by atoms with van der Waals surface area (Å²) in [5.74, 6) is 0.415. The molecule has 0 aliphatic heterocycles. The Balaban J connectivity index is 2.79. The maximum absolute atomic E-state index is 10.9. The molecule has 0 saturated heterocycles. The molecule has 94 valence electrons. The molecule has 17 heavy (non-hydrogen) atoms. The zero-order valence-corrected chi connectivity index (χ0v) is 10.4. The molecule has 0 amide bonds. The van der Waals surface area contributed by atoms with Crippen LogP contribution >= 0.6 is 0 Å². The fraction of sp³-hybridized carbons (Fsp3) is 0.500. The van der Waals surface area contributed by atoms with E-state index in [0.717, 1.165) is 6.54 Å². The van der Waals surface area contributed by atoms with E-state index in [-0.39, 0.29) is 11.3 Å². The van der Waals surface area contributed by atoms with Crippen molar-refractivity contribution in [2.24, 2.45) is 11.8 Å². The Morgan fingerprint density at radius 3 is 2.71 bits per heavy atom. The first kappa shape index (κ1) is 13.3. The van der Waals surface area contributed by atoms with Gasteiger partial charge in [0, 0.05) is 12.7 Å². The van der Waals surface area contributed by atoms with E-state index >= 15 is 0 Å². The van der Waals surface area contributed by atoms with Crippen molar-refractivity contribution in [3.63, 3.8) is 0 Å². The predicted molar refractivity (Wildman–Crippen MR) is 68.1 cm³/mol. The Morgan fingerprint density at radius 2 is 2.18 bits per heavy atom. The zero-order chi connectivity index (χ0) is 13.0. The van der Waals surface area contributed by atoms with E-state index in [0.29, 0.717) is 17.7 Å². The van der Waals surface area contributed by atoms with Gasteiger partial charge in [-0.15, -0.1) is 0 Å². The van der Waals surface area contributed by atoms with E-state index in [1.54, 1.807) is 0 Å². The average molecular weight is 237 g/mol. The van der Waals surface area contributed by atoms with Crippen molar-refractivity contribution in [1.29, 1.82) is 0 Å². The monoisotopic (exact) mass is 237 g/mol. The lowest BCUT2D eigenvalue weighted by molar-refractivity contribution is 0.0698. The van der Waals surface area contributed by atoms with Gasteiger partial charge in [0.05, 0.1) is 11.3 Å². The summed E-state index contributed by atoms with van der Waals surface area (Å²) in [4.78, 5) is 14.9. The van der Waals surface area contributed by atoms with Crippen LogP contribution in [0.4, 0.5) is 11.5 Å². The number of rotatable bonds is 5. The van der Waals surface area contributed by atoms with Crippen LogP contribution in [0, 0.1) is 11.8 Å². The lowest BCUT2D eigenvalue weighted by Crippen LogP contribution is -2.18. The lowest BCUT2D eigenvalue weighted by atomic mass is 9.98. The molecule has 1 aromatic rings. The number of carboxylic acids is 1. The Labute approximate surface area is 101 Å². The average Bonchev–Trinajstić information content (AvgIpc) is 2.26. The minimum absolute atomic E-state index is 0.0831. The number of nitrogens with zero attached hydrogens (tertiary/aromatic N) is 1. The van der Waals surface area contributed by atoms with E-state index in [4.69, 9.17) is 10.8 Å². The Morgan fingerprint density at radius 1 is 1.53 bits per heavy atom. The standard InChI is InChI=1S/C12H19N3O2/c1-7(2)8(3)6-15-11-10(13)9(12(16)17)4-5-14-11/h4-5,7-8H,6,13H2,1-3H3,(H,14,15)(H,16,17). The minimum Gasteiger partial charge on any atom is -0.478 e. The van der Waals surface area contributed by atoms with Crippen molar-refractivity contribution >= 4 is 17.5 Å². The van der Waals surface area contributed by atoms with Crippen molar-refractivity contribution in [3.8, 4) is 0 Å². The highest BCUT2D eigenvalue weighted by molar-refractivity contribution is 5.96. The molecule has 0 aliphatic carbocycles. The van der Waals surface area contributed by atoms with Crippen LogP contribution in [0.15, 0.2) is 12.3 Å². The third-order valence-corrected chi connectivity index (χ3v) is 2.95. The van der Waals surface area contributed by atoms with Gasteiger partial charge in [-0.05, 0) is 17.9 Å². The first-order chi connectivity index (χ1) is 7.93. The molecule has 1 rings (SSSR count). The van der Waals surface area contributed by atoms with Gasteiger partial charge >= 0.3 is 5.97 Å². The van der Waals surface area contributed by atoms with Gasteiger partial charge in [0.2, 0.25) is 0 Å². The largest absolute Gasteiger partial charge is 0.478 e. The highest BCUT2D eigenvalue weighted by Crippen LogP contribution is 2.20. The van der Waals surface area contributed by atoms with Crippen LogP contribution in [0.25, 0.3) is 0 Å². The van der Waals surface area contributed by atoms with Crippen molar-refractivity contribution in [1.82, 2.24) is 4.98 Å². The maximum atomic E-state index is 10.9. The second-order valence-corrected chi connectivity index (χ2v) is 4.53. The van der Waals surface area contributed by atoms with Gasteiger partial charge < -0.3 is 16.2 Å². The van der Waals surface area contributed by atoms with Crippen LogP contribution in [0.5, 0.6) is 0 Å². The number of carbonyl (C=O) groups is 1. The molecule has 0 bridgehead atoms. The zero-order valence-electron chi connectivity index (χ0n) is 10.4. The molecule has 0 saturated carbocycles. The fourth-order valence-corrected chi connectivity index (χ4v) is 1.29. The summed E-state index contributed by atoms with van der Waals surface area (Å²) in [7, 11) is 0. The Hall–Kier alpha value is -1.78. The highest BCUT2D eigenvalue weighted by Gasteiger charge is 2.13. The molecule has 1 heterocycles. The number of nitrogens with one attached hydrogen (secondary N) is 1. The minimum atomic E-state index is -1.04. The molecule has 0 aliphatic rings. The van der Waals surface area contributed by atoms with Crippen LogP contribution in [-0.4, -0.2) is 22.6 Å². The van der Waals surface area contributed by atoms with Gasteiger partial charge in [-0.1, -0.05) is 20.8 Å². The first-order valence-electron chi connectivity index (χ1n) is 5.65. The predicted octanol–water partition coefficient (Wildman–Crippen LogP) is 2.07. The normalized spacial score (nSPS) is 12.5. The number of aromatic nitrogens is 1. The highest BCUT2D eigenvalue weighted by atomic mass is 16.4. The summed E-state index contributed by atoms with van der Waals surface area (Å²) in [6.45, 7) is 7.11. The number of aromatic carboxylic acids is 1. The number of hydrogen-bond donors (Lipinski definition) is 3. The summed E-state index contributed by atoms with van der Waals surface area (Å²) >= 11 is 0. The summed E-state index contributed by atoms with van der Waals surface area (Å²) in [5.41, 5.74) is 6.01. The number of anilines is 2. The summed E-state index contributed by atoms with van der Waals surface area (Å²) < 4.78 is 0. The summed E-state index contributed by atoms with van der Waals surface area (Å²) in [5, 5.41) is 12.0. The van der Waals surface area contributed by atoms with Gasteiger partial charge in [-0.2, -0.15) is 0 Å². The molecular formula is C12H19N3O2. The van der Waals surface area contributed by atoms with Crippen LogP contribution in [0.3, 0.4) is 0 Å². The number of carboxylic acid groups (broad SMARTS) is 1. The molecule has 0 aromatic carbocycles. The third kappa shape index (κ3) is 3.34. The van der Waals surface area contributed by atoms with Crippen molar-refractivity contribution < 1.29 is 9.90 Å². The lowest BCUT2D eigenvalue weighted by Gasteiger charge is -2.17. The second kappa shape index (κ2) is 5.52. The van der Waals surface area contributed by atoms with Crippen molar-refractivity contribution in [2.75, 3.05) is 17.6 Å². The molecule has 4 N–H and O–H groups in total.